The van der Waals surface area contributed by atoms with Crippen molar-refractivity contribution in [3.63, 3.8) is 0 Å². The Labute approximate surface area is 143 Å². The molecule has 1 aliphatic heterocycles. The van der Waals surface area contributed by atoms with E-state index in [0.717, 1.165) is 25.7 Å². The molecule has 1 aromatic carbocycles. The summed E-state index contributed by atoms with van der Waals surface area (Å²) >= 11 is 0. The number of aromatic amines is 1. The Morgan fingerprint density at radius 1 is 1.32 bits per heavy atom. The molecular formula is C18H17N3O4. The van der Waals surface area contributed by atoms with Gasteiger partial charge in [-0.05, 0) is 43.9 Å². The molecule has 1 spiro atoms. The minimum Gasteiger partial charge on any atom is -0.484 e. The molecule has 128 valence electrons. The van der Waals surface area contributed by atoms with Crippen molar-refractivity contribution < 1.29 is 14.6 Å². The predicted octanol–water partition coefficient (Wildman–Crippen LogP) is 1.83. The first kappa shape index (κ1) is 15.7. The van der Waals surface area contributed by atoms with Crippen molar-refractivity contribution >= 4 is 0 Å². The second-order valence-electron chi connectivity index (χ2n) is 6.48. The van der Waals surface area contributed by atoms with Gasteiger partial charge in [0.15, 0.2) is 6.10 Å². The highest BCUT2D eigenvalue weighted by atomic mass is 16.5. The molecule has 0 saturated heterocycles. The van der Waals surface area contributed by atoms with Crippen LogP contribution in [-0.4, -0.2) is 27.0 Å². The van der Waals surface area contributed by atoms with Crippen LogP contribution in [0.25, 0.3) is 0 Å². The normalized spacial score (nSPS) is 23.5. The molecule has 25 heavy (non-hydrogen) atoms. The van der Waals surface area contributed by atoms with Crippen LogP contribution in [0.2, 0.25) is 0 Å². The number of ether oxygens (including phenoxy) is 2. The zero-order valence-corrected chi connectivity index (χ0v) is 13.4. The standard InChI is InChI=1S/C18H17N3O4/c19-10-11-3-4-13-12(9-11)16(24-15-6-5-14(22)20-21-15)17(23)18(25-13)7-1-2-8-18/h3-6,9,16-17,23H,1-2,7-8H2,(H,20,22). The van der Waals surface area contributed by atoms with Gasteiger partial charge < -0.3 is 14.6 Å². The molecule has 2 aromatic rings. The predicted molar refractivity (Wildman–Crippen MR) is 87.2 cm³/mol. The van der Waals surface area contributed by atoms with Crippen LogP contribution in [0.1, 0.15) is 42.9 Å². The topological polar surface area (TPSA) is 108 Å². The number of nitriles is 1. The molecule has 4 rings (SSSR count). The van der Waals surface area contributed by atoms with Gasteiger partial charge in [-0.1, -0.05) is 0 Å². The maximum absolute atomic E-state index is 11.2. The van der Waals surface area contributed by atoms with Crippen LogP contribution in [0.15, 0.2) is 35.1 Å². The summed E-state index contributed by atoms with van der Waals surface area (Å²) in [6, 6.07) is 9.95. The van der Waals surface area contributed by atoms with E-state index in [2.05, 4.69) is 16.3 Å². The lowest BCUT2D eigenvalue weighted by Crippen LogP contribution is -2.52. The average molecular weight is 339 g/mol. The van der Waals surface area contributed by atoms with Crippen molar-refractivity contribution in [3.8, 4) is 17.7 Å². The minimum atomic E-state index is -0.898. The fourth-order valence-electron chi connectivity index (χ4n) is 3.69. The highest BCUT2D eigenvalue weighted by Crippen LogP contribution is 2.48. The molecule has 2 aliphatic rings. The molecule has 1 aliphatic carbocycles. The van der Waals surface area contributed by atoms with Crippen molar-refractivity contribution in [1.29, 1.82) is 5.26 Å². The molecule has 1 aromatic heterocycles. The van der Waals surface area contributed by atoms with Crippen molar-refractivity contribution in [2.24, 2.45) is 0 Å². The summed E-state index contributed by atoms with van der Waals surface area (Å²) in [6.07, 6.45) is 1.82. The Morgan fingerprint density at radius 3 is 2.80 bits per heavy atom. The van der Waals surface area contributed by atoms with Crippen LogP contribution >= 0.6 is 0 Å². The number of nitrogens with zero attached hydrogens (tertiary/aromatic N) is 2. The van der Waals surface area contributed by atoms with Gasteiger partial charge in [0.2, 0.25) is 5.88 Å². The molecule has 2 atom stereocenters. The summed E-state index contributed by atoms with van der Waals surface area (Å²) in [5.41, 5.74) is 0.0462. The molecule has 1 saturated carbocycles. The number of hydrogen-bond donors (Lipinski definition) is 2. The Kier molecular flexibility index (Phi) is 3.70. The SMILES string of the molecule is N#Cc1ccc2c(c1)C(Oc1ccc(=O)[nH]n1)C(O)C1(CCCC1)O2. The Balaban J connectivity index is 1.77. The molecule has 0 radical (unpaired) electrons. The quantitative estimate of drug-likeness (QED) is 0.864. The number of hydrogen-bond acceptors (Lipinski definition) is 6. The van der Waals surface area contributed by atoms with Crippen LogP contribution in [-0.2, 0) is 0 Å². The van der Waals surface area contributed by atoms with E-state index >= 15 is 0 Å². The fourth-order valence-corrected chi connectivity index (χ4v) is 3.69. The molecule has 2 N–H and O–H groups in total. The number of nitrogens with one attached hydrogen (secondary N) is 1. The van der Waals surface area contributed by atoms with Gasteiger partial charge in [0.1, 0.15) is 17.5 Å². The number of fused-ring (bicyclic) bond motifs is 1. The fraction of sp³-hybridized carbons (Fsp3) is 0.389. The van der Waals surface area contributed by atoms with E-state index in [1.165, 1.54) is 12.1 Å². The lowest BCUT2D eigenvalue weighted by atomic mass is 9.84. The summed E-state index contributed by atoms with van der Waals surface area (Å²) < 4.78 is 12.1. The Hall–Kier alpha value is -2.85. The molecule has 7 heteroatoms. The average Bonchev–Trinajstić information content (AvgIpc) is 3.10. The second-order valence-corrected chi connectivity index (χ2v) is 6.48. The van der Waals surface area contributed by atoms with Gasteiger partial charge in [-0.3, -0.25) is 4.79 Å². The minimum absolute atomic E-state index is 0.201. The number of aromatic nitrogens is 2. The van der Waals surface area contributed by atoms with Crippen molar-refractivity contribution in [1.82, 2.24) is 10.2 Å². The number of aliphatic hydroxyl groups excluding tert-OH is 1. The van der Waals surface area contributed by atoms with Crippen molar-refractivity contribution in [3.05, 3.63) is 51.8 Å². The van der Waals surface area contributed by atoms with E-state index in [1.807, 2.05) is 0 Å². The molecule has 0 bridgehead atoms. The second kappa shape index (κ2) is 5.90. The van der Waals surface area contributed by atoms with E-state index in [4.69, 9.17) is 9.47 Å². The summed E-state index contributed by atoms with van der Waals surface area (Å²) in [4.78, 5) is 11.2. The van der Waals surface area contributed by atoms with E-state index in [9.17, 15) is 15.2 Å². The smallest absolute Gasteiger partial charge is 0.264 e. The van der Waals surface area contributed by atoms with E-state index in [-0.39, 0.29) is 11.4 Å². The summed E-state index contributed by atoms with van der Waals surface area (Å²) in [5.74, 6) is 0.813. The van der Waals surface area contributed by atoms with Gasteiger partial charge >= 0.3 is 0 Å². The van der Waals surface area contributed by atoms with Gasteiger partial charge in [0.05, 0.1) is 11.6 Å². The third kappa shape index (κ3) is 2.65. The zero-order valence-electron chi connectivity index (χ0n) is 13.4. The molecule has 0 amide bonds. The van der Waals surface area contributed by atoms with Crippen LogP contribution in [0, 0.1) is 11.3 Å². The first-order valence-corrected chi connectivity index (χ1v) is 8.25. The molecule has 2 unspecified atom stereocenters. The van der Waals surface area contributed by atoms with Gasteiger partial charge in [-0.2, -0.15) is 5.26 Å². The van der Waals surface area contributed by atoms with Gasteiger partial charge in [-0.15, -0.1) is 5.10 Å². The number of benzene rings is 1. The molecule has 7 nitrogen and oxygen atoms in total. The van der Waals surface area contributed by atoms with Crippen molar-refractivity contribution in [2.45, 2.75) is 43.5 Å². The maximum atomic E-state index is 11.2. The highest BCUT2D eigenvalue weighted by Gasteiger charge is 2.52. The summed E-state index contributed by atoms with van der Waals surface area (Å²) in [6.45, 7) is 0. The Morgan fingerprint density at radius 2 is 2.12 bits per heavy atom. The largest absolute Gasteiger partial charge is 0.484 e. The van der Waals surface area contributed by atoms with E-state index < -0.39 is 17.8 Å². The molecular weight excluding hydrogens is 322 g/mol. The Bertz CT molecular complexity index is 875. The van der Waals surface area contributed by atoms with Crippen LogP contribution < -0.4 is 15.0 Å². The third-order valence-corrected chi connectivity index (χ3v) is 4.94. The summed E-state index contributed by atoms with van der Waals surface area (Å²) in [5, 5.41) is 26.4. The highest BCUT2D eigenvalue weighted by molar-refractivity contribution is 5.46. The van der Waals surface area contributed by atoms with Crippen molar-refractivity contribution in [2.75, 3.05) is 0 Å². The maximum Gasteiger partial charge on any atom is 0.264 e. The number of H-pyrrole nitrogens is 1. The molecule has 2 heterocycles. The van der Waals surface area contributed by atoms with Crippen LogP contribution in [0.4, 0.5) is 0 Å². The number of rotatable bonds is 2. The lowest BCUT2D eigenvalue weighted by molar-refractivity contribution is -0.119. The van der Waals surface area contributed by atoms with E-state index in [1.54, 1.807) is 18.2 Å². The monoisotopic (exact) mass is 339 g/mol. The third-order valence-electron chi connectivity index (χ3n) is 4.94. The van der Waals surface area contributed by atoms with Crippen LogP contribution in [0.3, 0.4) is 0 Å². The summed E-state index contributed by atoms with van der Waals surface area (Å²) in [7, 11) is 0. The lowest BCUT2D eigenvalue weighted by Gasteiger charge is -2.43. The number of aliphatic hydroxyl groups is 1. The first-order valence-electron chi connectivity index (χ1n) is 8.25. The zero-order chi connectivity index (χ0) is 17.4. The first-order chi connectivity index (χ1) is 12.1. The van der Waals surface area contributed by atoms with Crippen LogP contribution in [0.5, 0.6) is 11.6 Å². The van der Waals surface area contributed by atoms with E-state index in [0.29, 0.717) is 16.9 Å². The van der Waals surface area contributed by atoms with Gasteiger partial charge in [0, 0.05) is 17.7 Å². The van der Waals surface area contributed by atoms with Gasteiger partial charge in [-0.25, -0.2) is 5.10 Å². The molecule has 1 fully saturated rings. The van der Waals surface area contributed by atoms with Gasteiger partial charge in [0.25, 0.3) is 5.56 Å².